The topological polar surface area (TPSA) is 70.6 Å². The van der Waals surface area contributed by atoms with E-state index in [9.17, 15) is 9.90 Å². The monoisotopic (exact) mass is 318 g/mol. The van der Waals surface area contributed by atoms with Gasteiger partial charge in [-0.1, -0.05) is 23.2 Å². The lowest BCUT2D eigenvalue weighted by molar-refractivity contribution is -0.123. The number of hydrogen-bond donors (Lipinski definition) is 3. The number of rotatable bonds is 5. The summed E-state index contributed by atoms with van der Waals surface area (Å²) in [6, 6.07) is 4.81. The van der Waals surface area contributed by atoms with Crippen molar-refractivity contribution in [1.29, 1.82) is 0 Å². The van der Waals surface area contributed by atoms with Crippen LogP contribution < -0.4 is 15.4 Å². The van der Waals surface area contributed by atoms with Gasteiger partial charge in [0.2, 0.25) is 0 Å². The Hall–Kier alpha value is -1.01. The summed E-state index contributed by atoms with van der Waals surface area (Å²) in [6.07, 6.45) is -0.415. The molecule has 2 rings (SSSR count). The molecule has 0 aliphatic carbocycles. The van der Waals surface area contributed by atoms with E-state index in [1.807, 2.05) is 0 Å². The minimum absolute atomic E-state index is 0.0399. The average molecular weight is 319 g/mol. The molecule has 0 aromatic heterocycles. The molecule has 5 nitrogen and oxygen atoms in total. The first kappa shape index (κ1) is 15.4. The molecule has 1 fully saturated rings. The number of halogens is 2. The van der Waals surface area contributed by atoms with Crippen LogP contribution in [-0.2, 0) is 4.79 Å². The summed E-state index contributed by atoms with van der Waals surface area (Å²) in [5.41, 5.74) is 0. The van der Waals surface area contributed by atoms with Gasteiger partial charge in [0, 0.05) is 30.6 Å². The van der Waals surface area contributed by atoms with Gasteiger partial charge < -0.3 is 20.5 Å². The largest absolute Gasteiger partial charge is 0.482 e. The maximum Gasteiger partial charge on any atom is 0.257 e. The number of aliphatic hydroxyl groups excluding tert-OH is 1. The van der Waals surface area contributed by atoms with Gasteiger partial charge in [0.15, 0.2) is 6.61 Å². The zero-order valence-corrected chi connectivity index (χ0v) is 12.2. The molecule has 0 radical (unpaired) electrons. The molecule has 3 N–H and O–H groups in total. The Morgan fingerprint density at radius 1 is 1.45 bits per heavy atom. The second kappa shape index (κ2) is 7.13. The zero-order valence-electron chi connectivity index (χ0n) is 10.7. The Balaban J connectivity index is 1.74. The molecule has 1 amide bonds. The number of benzene rings is 1. The first-order valence-electron chi connectivity index (χ1n) is 6.29. The van der Waals surface area contributed by atoms with E-state index >= 15 is 0 Å². The fourth-order valence-electron chi connectivity index (χ4n) is 1.96. The minimum Gasteiger partial charge on any atom is -0.482 e. The lowest BCUT2D eigenvalue weighted by Gasteiger charge is -2.14. The summed E-state index contributed by atoms with van der Waals surface area (Å²) in [5.74, 6) is 0.196. The lowest BCUT2D eigenvalue weighted by atomic mass is 10.1. The third-order valence-corrected chi connectivity index (χ3v) is 3.65. The van der Waals surface area contributed by atoms with Crippen molar-refractivity contribution >= 4 is 29.1 Å². The number of amides is 1. The standard InChI is InChI=1S/C13H16Cl2N2O3/c14-9-1-2-12(10(15)3-9)20-7-13(19)17-5-8-4-16-6-11(8)18/h1-3,8,11,16,18H,4-7H2,(H,17,19). The van der Waals surface area contributed by atoms with Gasteiger partial charge in [0.05, 0.1) is 11.1 Å². The first-order chi connectivity index (χ1) is 9.56. The van der Waals surface area contributed by atoms with Crippen molar-refractivity contribution in [2.75, 3.05) is 26.2 Å². The van der Waals surface area contributed by atoms with Crippen molar-refractivity contribution in [3.8, 4) is 5.75 Å². The number of β-amino-alcohol motifs (C(OH)–C–C–N with tert-alkyl or cyclic N) is 1. The van der Waals surface area contributed by atoms with Crippen molar-refractivity contribution in [3.05, 3.63) is 28.2 Å². The van der Waals surface area contributed by atoms with Crippen LogP contribution in [0.5, 0.6) is 5.75 Å². The number of ether oxygens (including phenoxy) is 1. The summed E-state index contributed by atoms with van der Waals surface area (Å²) < 4.78 is 5.31. The molecule has 110 valence electrons. The summed E-state index contributed by atoms with van der Waals surface area (Å²) in [6.45, 7) is 1.56. The van der Waals surface area contributed by atoms with Crippen molar-refractivity contribution < 1.29 is 14.6 Å². The normalized spacial score (nSPS) is 21.8. The van der Waals surface area contributed by atoms with Crippen LogP contribution in [0.15, 0.2) is 18.2 Å². The Morgan fingerprint density at radius 2 is 2.25 bits per heavy atom. The van der Waals surface area contributed by atoms with Crippen LogP contribution in [0.1, 0.15) is 0 Å². The third-order valence-electron chi connectivity index (χ3n) is 3.12. The van der Waals surface area contributed by atoms with Crippen molar-refractivity contribution in [1.82, 2.24) is 10.6 Å². The third kappa shape index (κ3) is 4.24. The molecule has 1 aromatic carbocycles. The molecule has 7 heteroatoms. The van der Waals surface area contributed by atoms with Gasteiger partial charge in [-0.2, -0.15) is 0 Å². The van der Waals surface area contributed by atoms with E-state index in [1.165, 1.54) is 0 Å². The van der Waals surface area contributed by atoms with E-state index < -0.39 is 6.10 Å². The average Bonchev–Trinajstić information content (AvgIpc) is 2.81. The molecule has 20 heavy (non-hydrogen) atoms. The molecule has 1 saturated heterocycles. The van der Waals surface area contributed by atoms with Gasteiger partial charge in [0.25, 0.3) is 5.91 Å². The van der Waals surface area contributed by atoms with Crippen LogP contribution >= 0.6 is 23.2 Å². The van der Waals surface area contributed by atoms with Gasteiger partial charge >= 0.3 is 0 Å². The Labute approximate surface area is 127 Å². The summed E-state index contributed by atoms with van der Waals surface area (Å²) in [7, 11) is 0. The van der Waals surface area contributed by atoms with Gasteiger partial charge in [-0.25, -0.2) is 0 Å². The molecular formula is C13H16Cl2N2O3. The molecule has 1 aliphatic heterocycles. The predicted octanol–water partition coefficient (Wildman–Crippen LogP) is 1.07. The molecular weight excluding hydrogens is 303 g/mol. The SMILES string of the molecule is O=C(COc1ccc(Cl)cc1Cl)NCC1CNCC1O. The highest BCUT2D eigenvalue weighted by atomic mass is 35.5. The maximum absolute atomic E-state index is 11.7. The number of hydrogen-bond acceptors (Lipinski definition) is 4. The summed E-state index contributed by atoms with van der Waals surface area (Å²) >= 11 is 11.7. The van der Waals surface area contributed by atoms with Crippen LogP contribution in [-0.4, -0.2) is 43.4 Å². The zero-order chi connectivity index (χ0) is 14.5. The summed E-state index contributed by atoms with van der Waals surface area (Å²) in [4.78, 5) is 11.7. The van der Waals surface area contributed by atoms with Crippen molar-refractivity contribution in [3.63, 3.8) is 0 Å². The molecule has 2 unspecified atom stereocenters. The number of carbonyl (C=O) groups excluding carboxylic acids is 1. The smallest absolute Gasteiger partial charge is 0.257 e. The Bertz CT molecular complexity index is 485. The van der Waals surface area contributed by atoms with E-state index in [1.54, 1.807) is 18.2 Å². The van der Waals surface area contributed by atoms with Gasteiger partial charge in [-0.15, -0.1) is 0 Å². The Kier molecular flexibility index (Phi) is 5.48. The molecule has 1 aromatic rings. The first-order valence-corrected chi connectivity index (χ1v) is 7.05. The quantitative estimate of drug-likeness (QED) is 0.759. The summed E-state index contributed by atoms with van der Waals surface area (Å²) in [5, 5.41) is 16.2. The molecule has 0 saturated carbocycles. The highest BCUT2D eigenvalue weighted by molar-refractivity contribution is 6.35. The van der Waals surface area contributed by atoms with E-state index in [0.29, 0.717) is 35.4 Å². The lowest BCUT2D eigenvalue weighted by Crippen LogP contribution is -2.36. The van der Waals surface area contributed by atoms with E-state index in [-0.39, 0.29) is 18.4 Å². The molecule has 1 heterocycles. The van der Waals surface area contributed by atoms with Crippen LogP contribution in [0.3, 0.4) is 0 Å². The van der Waals surface area contributed by atoms with Crippen LogP contribution in [0.25, 0.3) is 0 Å². The van der Waals surface area contributed by atoms with E-state index in [0.717, 1.165) is 0 Å². The Morgan fingerprint density at radius 3 is 2.90 bits per heavy atom. The van der Waals surface area contributed by atoms with Gasteiger partial charge in [-0.05, 0) is 18.2 Å². The van der Waals surface area contributed by atoms with Crippen LogP contribution in [0.2, 0.25) is 10.0 Å². The molecule has 0 spiro atoms. The van der Waals surface area contributed by atoms with Crippen LogP contribution in [0.4, 0.5) is 0 Å². The highest BCUT2D eigenvalue weighted by Crippen LogP contribution is 2.27. The van der Waals surface area contributed by atoms with Gasteiger partial charge in [-0.3, -0.25) is 4.79 Å². The van der Waals surface area contributed by atoms with Gasteiger partial charge in [0.1, 0.15) is 5.75 Å². The molecule has 0 bridgehead atoms. The second-order valence-electron chi connectivity index (χ2n) is 4.65. The maximum atomic E-state index is 11.7. The molecule has 2 atom stereocenters. The fourth-order valence-corrected chi connectivity index (χ4v) is 2.42. The molecule has 1 aliphatic rings. The highest BCUT2D eigenvalue weighted by Gasteiger charge is 2.24. The van der Waals surface area contributed by atoms with Crippen molar-refractivity contribution in [2.45, 2.75) is 6.10 Å². The number of aliphatic hydroxyl groups is 1. The van der Waals surface area contributed by atoms with E-state index in [2.05, 4.69) is 10.6 Å². The van der Waals surface area contributed by atoms with E-state index in [4.69, 9.17) is 27.9 Å². The predicted molar refractivity (Wildman–Crippen MR) is 77.3 cm³/mol. The van der Waals surface area contributed by atoms with Crippen molar-refractivity contribution in [2.24, 2.45) is 5.92 Å². The van der Waals surface area contributed by atoms with Crippen LogP contribution in [0, 0.1) is 5.92 Å². The fraction of sp³-hybridized carbons (Fsp3) is 0.462. The number of nitrogens with one attached hydrogen (secondary N) is 2. The number of carbonyl (C=O) groups is 1. The second-order valence-corrected chi connectivity index (χ2v) is 5.50. The minimum atomic E-state index is -0.415.